The van der Waals surface area contributed by atoms with Gasteiger partial charge in [0.1, 0.15) is 23.4 Å². The lowest BCUT2D eigenvalue weighted by molar-refractivity contribution is 1.13. The zero-order valence-electron chi connectivity index (χ0n) is 15.2. The van der Waals surface area contributed by atoms with Gasteiger partial charge in [0.2, 0.25) is 0 Å². The first-order valence-corrected chi connectivity index (χ1v) is 8.97. The molecule has 140 valence electrons. The van der Waals surface area contributed by atoms with Crippen LogP contribution in [-0.4, -0.2) is 49.8 Å². The van der Waals surface area contributed by atoms with Gasteiger partial charge in [0.15, 0.2) is 17.1 Å². The predicted molar refractivity (Wildman–Crippen MR) is 108 cm³/mol. The van der Waals surface area contributed by atoms with E-state index in [2.05, 4.69) is 49.8 Å². The highest BCUT2D eigenvalue weighted by Crippen LogP contribution is 2.26. The zero-order valence-corrected chi connectivity index (χ0v) is 15.2. The van der Waals surface area contributed by atoms with Gasteiger partial charge in [-0.2, -0.15) is 0 Å². The maximum absolute atomic E-state index is 4.55. The molecule has 6 aromatic rings. The highest BCUT2D eigenvalue weighted by molar-refractivity contribution is 5.92. The first kappa shape index (κ1) is 16.4. The second-order valence-electron chi connectivity index (χ2n) is 6.40. The predicted octanol–water partition coefficient (Wildman–Crippen LogP) is 2.43. The molecule has 6 rings (SSSR count). The first-order chi connectivity index (χ1) is 14.8. The zero-order chi connectivity index (χ0) is 19.9. The van der Waals surface area contributed by atoms with Crippen LogP contribution in [0.3, 0.4) is 0 Å². The molecule has 0 spiro atoms. The molecule has 0 bridgehead atoms. The van der Waals surface area contributed by atoms with Crippen LogP contribution in [0.25, 0.3) is 56.0 Å². The SMILES string of the molecule is c1cc2cnc(-c3cc4ncnc(-c5cnc6nccnc6n5)c4cn3)nc2cn1. The fraction of sp³-hybridized carbons (Fsp3) is 0. The van der Waals surface area contributed by atoms with Crippen LogP contribution in [0, 0.1) is 0 Å². The molecule has 0 saturated carbocycles. The van der Waals surface area contributed by atoms with Gasteiger partial charge < -0.3 is 0 Å². The summed E-state index contributed by atoms with van der Waals surface area (Å²) in [5.41, 5.74) is 4.16. The van der Waals surface area contributed by atoms with Crippen molar-refractivity contribution >= 4 is 33.1 Å². The van der Waals surface area contributed by atoms with Crippen LogP contribution in [0.4, 0.5) is 0 Å². The van der Waals surface area contributed by atoms with E-state index in [1.54, 1.807) is 43.4 Å². The second kappa shape index (κ2) is 6.48. The van der Waals surface area contributed by atoms with Crippen molar-refractivity contribution in [1.82, 2.24) is 49.8 Å². The molecule has 0 aliphatic carbocycles. The summed E-state index contributed by atoms with van der Waals surface area (Å²) in [6.07, 6.45) is 13.1. The van der Waals surface area contributed by atoms with Crippen LogP contribution in [0.5, 0.6) is 0 Å². The number of hydrogen-bond donors (Lipinski definition) is 0. The Morgan fingerprint density at radius 2 is 1.53 bits per heavy atom. The van der Waals surface area contributed by atoms with Gasteiger partial charge in [-0.15, -0.1) is 0 Å². The Morgan fingerprint density at radius 3 is 2.50 bits per heavy atom. The average molecular weight is 390 g/mol. The Bertz CT molecular complexity index is 1570. The maximum Gasteiger partial charge on any atom is 0.198 e. The summed E-state index contributed by atoms with van der Waals surface area (Å²) in [6.45, 7) is 0. The van der Waals surface area contributed by atoms with Crippen molar-refractivity contribution in [2.24, 2.45) is 0 Å². The summed E-state index contributed by atoms with van der Waals surface area (Å²) in [5.74, 6) is 0.498. The normalized spacial score (nSPS) is 11.3. The molecule has 6 aromatic heterocycles. The summed E-state index contributed by atoms with van der Waals surface area (Å²) >= 11 is 0. The number of nitrogens with zero attached hydrogens (tertiary/aromatic N) is 10. The summed E-state index contributed by atoms with van der Waals surface area (Å²) < 4.78 is 0. The largest absolute Gasteiger partial charge is 0.262 e. The van der Waals surface area contributed by atoms with E-state index in [0.29, 0.717) is 39.7 Å². The molecule has 0 unspecified atom stereocenters. The Hall–Kier alpha value is -4.60. The molecule has 0 amide bonds. The third kappa shape index (κ3) is 2.66. The fourth-order valence-corrected chi connectivity index (χ4v) is 3.15. The van der Waals surface area contributed by atoms with E-state index in [9.17, 15) is 0 Å². The van der Waals surface area contributed by atoms with Gasteiger partial charge in [-0.1, -0.05) is 0 Å². The molecule has 0 saturated heterocycles. The van der Waals surface area contributed by atoms with Gasteiger partial charge in [-0.3, -0.25) is 9.97 Å². The molecule has 0 atom stereocenters. The van der Waals surface area contributed by atoms with Crippen molar-refractivity contribution in [2.45, 2.75) is 0 Å². The van der Waals surface area contributed by atoms with Gasteiger partial charge in [0, 0.05) is 41.8 Å². The fourth-order valence-electron chi connectivity index (χ4n) is 3.15. The van der Waals surface area contributed by atoms with Gasteiger partial charge in [-0.25, -0.2) is 39.9 Å². The van der Waals surface area contributed by atoms with Gasteiger partial charge in [-0.05, 0) is 12.1 Å². The first-order valence-electron chi connectivity index (χ1n) is 8.97. The molecule has 0 aliphatic rings. The van der Waals surface area contributed by atoms with E-state index in [1.807, 2.05) is 12.1 Å². The summed E-state index contributed by atoms with van der Waals surface area (Å²) in [7, 11) is 0. The van der Waals surface area contributed by atoms with Crippen molar-refractivity contribution < 1.29 is 0 Å². The minimum atomic E-state index is 0.449. The molecule has 30 heavy (non-hydrogen) atoms. The molecule has 10 heteroatoms. The molecule has 0 aromatic carbocycles. The second-order valence-corrected chi connectivity index (χ2v) is 6.40. The Labute approximate surface area is 168 Å². The Morgan fingerprint density at radius 1 is 0.600 bits per heavy atom. The van der Waals surface area contributed by atoms with Gasteiger partial charge in [0.25, 0.3) is 0 Å². The van der Waals surface area contributed by atoms with Gasteiger partial charge in [0.05, 0.1) is 23.4 Å². The lowest BCUT2D eigenvalue weighted by Gasteiger charge is -2.06. The van der Waals surface area contributed by atoms with E-state index in [4.69, 9.17) is 0 Å². The van der Waals surface area contributed by atoms with E-state index in [1.165, 1.54) is 6.33 Å². The van der Waals surface area contributed by atoms with Crippen molar-refractivity contribution in [3.8, 4) is 22.9 Å². The molecule has 0 fully saturated rings. The summed E-state index contributed by atoms with van der Waals surface area (Å²) in [6, 6.07) is 3.69. The van der Waals surface area contributed by atoms with Crippen molar-refractivity contribution in [3.63, 3.8) is 0 Å². The van der Waals surface area contributed by atoms with Crippen molar-refractivity contribution in [3.05, 3.63) is 61.8 Å². The van der Waals surface area contributed by atoms with Crippen LogP contribution in [0.1, 0.15) is 0 Å². The summed E-state index contributed by atoms with van der Waals surface area (Å²) in [5, 5.41) is 1.65. The Kier molecular flexibility index (Phi) is 3.54. The number of hydrogen-bond acceptors (Lipinski definition) is 10. The van der Waals surface area contributed by atoms with E-state index < -0.39 is 0 Å². The van der Waals surface area contributed by atoms with Crippen LogP contribution in [0.15, 0.2) is 61.8 Å². The molecule has 0 radical (unpaired) electrons. The van der Waals surface area contributed by atoms with Crippen LogP contribution in [0.2, 0.25) is 0 Å². The molecular weight excluding hydrogens is 380 g/mol. The molecular formula is C20H10N10. The van der Waals surface area contributed by atoms with Crippen LogP contribution < -0.4 is 0 Å². The number of aromatic nitrogens is 10. The monoisotopic (exact) mass is 390 g/mol. The number of fused-ring (bicyclic) bond motifs is 3. The van der Waals surface area contributed by atoms with Crippen LogP contribution >= 0.6 is 0 Å². The van der Waals surface area contributed by atoms with Crippen molar-refractivity contribution in [2.75, 3.05) is 0 Å². The Balaban J connectivity index is 1.49. The van der Waals surface area contributed by atoms with Crippen molar-refractivity contribution in [1.29, 1.82) is 0 Å². The smallest absolute Gasteiger partial charge is 0.198 e. The molecule has 0 aliphatic heterocycles. The van der Waals surface area contributed by atoms with E-state index in [-0.39, 0.29) is 0 Å². The van der Waals surface area contributed by atoms with Gasteiger partial charge >= 0.3 is 0 Å². The molecule has 10 nitrogen and oxygen atoms in total. The number of pyridine rings is 2. The quantitative estimate of drug-likeness (QED) is 0.434. The molecule has 0 N–H and O–H groups in total. The maximum atomic E-state index is 4.55. The minimum Gasteiger partial charge on any atom is -0.262 e. The summed E-state index contributed by atoms with van der Waals surface area (Å²) in [4.78, 5) is 43.6. The lowest BCUT2D eigenvalue weighted by atomic mass is 10.1. The average Bonchev–Trinajstić information content (AvgIpc) is 2.82. The third-order valence-corrected chi connectivity index (χ3v) is 4.57. The standard InChI is InChI=1S/C20H10N10/c1-2-21-8-15-11(1)6-25-18(29-15)14-5-13-12(7-24-14)17(28-10-27-13)16-9-26-19-20(30-16)23-4-3-22-19/h1-10H. The van der Waals surface area contributed by atoms with E-state index in [0.717, 1.165) is 16.3 Å². The minimum absolute atomic E-state index is 0.449. The van der Waals surface area contributed by atoms with E-state index >= 15 is 0 Å². The highest BCUT2D eigenvalue weighted by Gasteiger charge is 2.13. The highest BCUT2D eigenvalue weighted by atomic mass is 15.0. The topological polar surface area (TPSA) is 129 Å². The van der Waals surface area contributed by atoms with Crippen LogP contribution in [-0.2, 0) is 0 Å². The number of rotatable bonds is 2. The molecule has 6 heterocycles. The third-order valence-electron chi connectivity index (χ3n) is 4.57. The lowest BCUT2D eigenvalue weighted by Crippen LogP contribution is -1.98.